The van der Waals surface area contributed by atoms with Gasteiger partial charge in [0.05, 0.1) is 26.3 Å². The van der Waals surface area contributed by atoms with E-state index in [1.807, 2.05) is 0 Å². The van der Waals surface area contributed by atoms with E-state index in [4.69, 9.17) is 20.5 Å². The number of hydrogen-bond acceptors (Lipinski definition) is 7. The van der Waals surface area contributed by atoms with E-state index in [9.17, 15) is 4.79 Å². The number of carbonyl (C=O) groups excluding carboxylic acids is 1. The molecule has 0 bridgehead atoms. The number of nitrogens with zero attached hydrogens (tertiary/aromatic N) is 3. The van der Waals surface area contributed by atoms with Crippen molar-refractivity contribution in [1.29, 1.82) is 15.8 Å². The van der Waals surface area contributed by atoms with Crippen molar-refractivity contribution in [3.8, 4) is 24.0 Å². The second-order valence-electron chi connectivity index (χ2n) is 3.96. The van der Waals surface area contributed by atoms with Crippen LogP contribution in [0, 0.1) is 34.0 Å². The van der Waals surface area contributed by atoms with Gasteiger partial charge < -0.3 is 14.8 Å². The molecule has 0 aliphatic heterocycles. The number of para-hydroxylation sites is 1. The molecule has 0 spiro atoms. The van der Waals surface area contributed by atoms with Crippen molar-refractivity contribution in [2.75, 3.05) is 19.5 Å². The van der Waals surface area contributed by atoms with Crippen LogP contribution in [-0.4, -0.2) is 20.2 Å². The van der Waals surface area contributed by atoms with Crippen molar-refractivity contribution in [2.45, 2.75) is 6.42 Å². The van der Waals surface area contributed by atoms with Crippen molar-refractivity contribution >= 4 is 11.7 Å². The van der Waals surface area contributed by atoms with Crippen molar-refractivity contribution in [3.05, 3.63) is 35.0 Å². The molecule has 0 radical (unpaired) electrons. The first-order valence-electron chi connectivity index (χ1n) is 6.05. The molecular formula is C15H12N4O3. The van der Waals surface area contributed by atoms with Crippen LogP contribution in [0.4, 0.5) is 5.69 Å². The summed E-state index contributed by atoms with van der Waals surface area (Å²) in [6, 6.07) is 9.96. The van der Waals surface area contributed by atoms with Gasteiger partial charge in [0.15, 0.2) is 5.57 Å². The molecule has 1 aromatic carbocycles. The molecule has 110 valence electrons. The van der Waals surface area contributed by atoms with Crippen LogP contribution in [-0.2, 0) is 16.0 Å². The molecule has 0 heterocycles. The summed E-state index contributed by atoms with van der Waals surface area (Å²) >= 11 is 0. The number of esters is 1. The summed E-state index contributed by atoms with van der Waals surface area (Å²) in [5.41, 5.74) is 0.252. The minimum Gasteiger partial charge on any atom is -0.495 e. The van der Waals surface area contributed by atoms with E-state index < -0.39 is 5.97 Å². The molecule has 0 atom stereocenters. The lowest BCUT2D eigenvalue weighted by Crippen LogP contribution is -2.10. The number of nitrogens with one attached hydrogen (secondary N) is 1. The highest BCUT2D eigenvalue weighted by molar-refractivity contribution is 5.78. The van der Waals surface area contributed by atoms with Gasteiger partial charge in [-0.05, 0) is 11.6 Å². The second-order valence-corrected chi connectivity index (χ2v) is 3.96. The fourth-order valence-corrected chi connectivity index (χ4v) is 1.67. The molecule has 0 fully saturated rings. The molecule has 1 aromatic rings. The van der Waals surface area contributed by atoms with Gasteiger partial charge in [-0.3, -0.25) is 4.79 Å². The quantitative estimate of drug-likeness (QED) is 0.648. The number of hydrogen-bond donors (Lipinski definition) is 1. The molecule has 0 aromatic heterocycles. The van der Waals surface area contributed by atoms with Crippen LogP contribution < -0.4 is 10.1 Å². The van der Waals surface area contributed by atoms with Gasteiger partial charge in [0.1, 0.15) is 29.7 Å². The highest BCUT2D eigenvalue weighted by Gasteiger charge is 2.15. The van der Waals surface area contributed by atoms with Gasteiger partial charge in [0, 0.05) is 0 Å². The van der Waals surface area contributed by atoms with Crippen LogP contribution in [0.15, 0.2) is 29.5 Å². The zero-order chi connectivity index (χ0) is 16.5. The molecule has 0 aliphatic rings. The number of methoxy groups -OCH3 is 2. The maximum atomic E-state index is 11.5. The van der Waals surface area contributed by atoms with Crippen molar-refractivity contribution in [1.82, 2.24) is 0 Å². The Kier molecular flexibility index (Phi) is 5.97. The first-order valence-corrected chi connectivity index (χ1v) is 6.05. The number of anilines is 1. The van der Waals surface area contributed by atoms with Gasteiger partial charge in [-0.2, -0.15) is 15.8 Å². The van der Waals surface area contributed by atoms with Crippen LogP contribution in [0.25, 0.3) is 0 Å². The minimum atomic E-state index is -0.473. The Morgan fingerprint density at radius 1 is 1.18 bits per heavy atom. The fraction of sp³-hybridized carbons (Fsp3) is 0.200. The lowest BCUT2D eigenvalue weighted by atomic mass is 10.1. The highest BCUT2D eigenvalue weighted by Crippen LogP contribution is 2.30. The summed E-state index contributed by atoms with van der Waals surface area (Å²) in [6.07, 6.45) is -0.0524. The van der Waals surface area contributed by atoms with E-state index in [2.05, 4.69) is 10.1 Å². The zero-order valence-corrected chi connectivity index (χ0v) is 12.0. The molecule has 0 saturated heterocycles. The number of ether oxygens (including phenoxy) is 2. The lowest BCUT2D eigenvalue weighted by molar-refractivity contribution is -0.139. The smallest absolute Gasteiger partial charge is 0.310 e. The van der Waals surface area contributed by atoms with Gasteiger partial charge in [0.25, 0.3) is 0 Å². The van der Waals surface area contributed by atoms with E-state index in [1.54, 1.807) is 36.4 Å². The molecule has 22 heavy (non-hydrogen) atoms. The average Bonchev–Trinajstić information content (AvgIpc) is 2.55. The molecule has 0 amide bonds. The zero-order valence-electron chi connectivity index (χ0n) is 12.0. The fourth-order valence-electron chi connectivity index (χ4n) is 1.67. The summed E-state index contributed by atoms with van der Waals surface area (Å²) in [5.74, 6) is -0.107. The molecule has 0 unspecified atom stereocenters. The lowest BCUT2D eigenvalue weighted by Gasteiger charge is -2.14. The number of allylic oxidation sites excluding steroid dienone is 2. The van der Waals surface area contributed by atoms with E-state index in [-0.39, 0.29) is 17.7 Å². The molecule has 0 aliphatic carbocycles. The van der Waals surface area contributed by atoms with Gasteiger partial charge in [-0.25, -0.2) is 0 Å². The third-order valence-corrected chi connectivity index (χ3v) is 2.73. The Hall–Kier alpha value is -3.50. The maximum absolute atomic E-state index is 11.5. The molecule has 1 N–H and O–H groups in total. The van der Waals surface area contributed by atoms with E-state index in [0.717, 1.165) is 0 Å². The summed E-state index contributed by atoms with van der Waals surface area (Å²) in [6.45, 7) is 0. The Morgan fingerprint density at radius 2 is 1.86 bits per heavy atom. The van der Waals surface area contributed by atoms with Crippen LogP contribution in [0.5, 0.6) is 5.75 Å². The first kappa shape index (κ1) is 16.6. The van der Waals surface area contributed by atoms with E-state index in [0.29, 0.717) is 17.0 Å². The van der Waals surface area contributed by atoms with E-state index >= 15 is 0 Å². The van der Waals surface area contributed by atoms with Gasteiger partial charge in [-0.1, -0.05) is 12.1 Å². The summed E-state index contributed by atoms with van der Waals surface area (Å²) < 4.78 is 9.80. The normalized spacial score (nSPS) is 8.68. The van der Waals surface area contributed by atoms with Crippen molar-refractivity contribution < 1.29 is 14.3 Å². The summed E-state index contributed by atoms with van der Waals surface area (Å²) in [7, 11) is 2.69. The first-order chi connectivity index (χ1) is 10.6. The summed E-state index contributed by atoms with van der Waals surface area (Å²) in [4.78, 5) is 11.5. The summed E-state index contributed by atoms with van der Waals surface area (Å²) in [5, 5.41) is 29.5. The Bertz CT molecular complexity index is 717. The van der Waals surface area contributed by atoms with E-state index in [1.165, 1.54) is 14.2 Å². The third-order valence-electron chi connectivity index (χ3n) is 2.73. The minimum absolute atomic E-state index is 0.0524. The highest BCUT2D eigenvalue weighted by atomic mass is 16.5. The average molecular weight is 296 g/mol. The number of rotatable bonds is 5. The third kappa shape index (κ3) is 3.75. The largest absolute Gasteiger partial charge is 0.495 e. The molecular weight excluding hydrogens is 284 g/mol. The molecule has 1 rings (SSSR count). The van der Waals surface area contributed by atoms with Crippen LogP contribution in [0.3, 0.4) is 0 Å². The van der Waals surface area contributed by atoms with Gasteiger partial charge in [-0.15, -0.1) is 0 Å². The standard InChI is InChI=1S/C15H12N4O3/c1-21-13-5-3-4-10(6-14(20)22-2)15(13)19-12(9-18)11(7-16)8-17/h3-5,19H,6H2,1-2H3. The SMILES string of the molecule is COC(=O)Cc1cccc(OC)c1NC(C#N)=C(C#N)C#N. The predicted molar refractivity (Wildman–Crippen MR) is 76.2 cm³/mol. The number of benzene rings is 1. The van der Waals surface area contributed by atoms with Crippen LogP contribution >= 0.6 is 0 Å². The second kappa shape index (κ2) is 7.94. The van der Waals surface area contributed by atoms with Gasteiger partial charge in [0.2, 0.25) is 0 Å². The van der Waals surface area contributed by atoms with Crippen molar-refractivity contribution in [3.63, 3.8) is 0 Å². The van der Waals surface area contributed by atoms with Gasteiger partial charge >= 0.3 is 5.97 Å². The molecule has 0 saturated carbocycles. The van der Waals surface area contributed by atoms with Crippen molar-refractivity contribution in [2.24, 2.45) is 0 Å². The Balaban J connectivity index is 3.37. The number of carbonyl (C=O) groups is 1. The monoisotopic (exact) mass is 296 g/mol. The van der Waals surface area contributed by atoms with Crippen LogP contribution in [0.1, 0.15) is 5.56 Å². The number of nitriles is 3. The molecule has 7 heteroatoms. The topological polar surface area (TPSA) is 119 Å². The Morgan fingerprint density at radius 3 is 2.36 bits per heavy atom. The molecule has 7 nitrogen and oxygen atoms in total. The Labute approximate surface area is 127 Å². The van der Waals surface area contributed by atoms with Crippen LogP contribution in [0.2, 0.25) is 0 Å². The maximum Gasteiger partial charge on any atom is 0.310 e. The predicted octanol–water partition coefficient (Wildman–Crippen LogP) is 1.65.